The molecule has 156 valence electrons. The molecule has 0 radical (unpaired) electrons. The van der Waals surface area contributed by atoms with Crippen molar-refractivity contribution < 1.29 is 13.9 Å². The maximum absolute atomic E-state index is 14.5. The van der Waals surface area contributed by atoms with E-state index in [2.05, 4.69) is 25.9 Å². The van der Waals surface area contributed by atoms with Gasteiger partial charge in [0.05, 0.1) is 24.4 Å². The number of halogens is 1. The second-order valence-electron chi connectivity index (χ2n) is 7.33. The molecule has 3 aromatic rings. The van der Waals surface area contributed by atoms with Crippen LogP contribution in [0.4, 0.5) is 15.9 Å². The summed E-state index contributed by atoms with van der Waals surface area (Å²) in [4.78, 5) is 20.7. The number of aryl methyl sites for hydroxylation is 1. The van der Waals surface area contributed by atoms with E-state index in [1.165, 1.54) is 6.33 Å². The molecule has 7 nitrogen and oxygen atoms in total. The van der Waals surface area contributed by atoms with Crippen molar-refractivity contribution in [1.82, 2.24) is 20.6 Å². The fraction of sp³-hybridized carbons (Fsp3) is 0.318. The molecule has 4 rings (SSSR count). The van der Waals surface area contributed by atoms with Crippen LogP contribution in [0.5, 0.6) is 5.75 Å². The van der Waals surface area contributed by atoms with Gasteiger partial charge in [-0.2, -0.15) is 0 Å². The highest BCUT2D eigenvalue weighted by atomic mass is 19.1. The van der Waals surface area contributed by atoms with Crippen molar-refractivity contribution in [1.29, 1.82) is 0 Å². The van der Waals surface area contributed by atoms with Crippen LogP contribution in [0, 0.1) is 12.7 Å². The molecule has 2 aromatic carbocycles. The maximum atomic E-state index is 14.5. The summed E-state index contributed by atoms with van der Waals surface area (Å²) >= 11 is 0. The third-order valence-corrected chi connectivity index (χ3v) is 5.31. The van der Waals surface area contributed by atoms with Gasteiger partial charge in [-0.15, -0.1) is 0 Å². The van der Waals surface area contributed by atoms with Crippen LogP contribution in [0.3, 0.4) is 0 Å². The van der Waals surface area contributed by atoms with E-state index >= 15 is 0 Å². The lowest BCUT2D eigenvalue weighted by Crippen LogP contribution is -2.47. The Balaban J connectivity index is 1.66. The Hall–Kier alpha value is -3.26. The predicted octanol–water partition coefficient (Wildman–Crippen LogP) is 3.20. The highest BCUT2D eigenvalue weighted by molar-refractivity contribution is 5.92. The molecule has 1 amide bonds. The Labute approximate surface area is 174 Å². The number of carbonyl (C=O) groups excluding carboxylic acids is 1. The first kappa shape index (κ1) is 20.0. The van der Waals surface area contributed by atoms with Crippen molar-refractivity contribution in [3.8, 4) is 5.75 Å². The minimum absolute atomic E-state index is 0.0154. The van der Waals surface area contributed by atoms with Crippen molar-refractivity contribution in [2.24, 2.45) is 0 Å². The zero-order valence-corrected chi connectivity index (χ0v) is 17.0. The number of nitrogens with zero attached hydrogens (tertiary/aromatic N) is 2. The van der Waals surface area contributed by atoms with E-state index in [1.54, 1.807) is 32.2 Å². The number of nitrogens with one attached hydrogen (secondary N) is 3. The van der Waals surface area contributed by atoms with Crippen molar-refractivity contribution >= 4 is 28.3 Å². The quantitative estimate of drug-likeness (QED) is 0.580. The second kappa shape index (κ2) is 8.62. The molecular weight excluding hydrogens is 385 g/mol. The Bertz CT molecular complexity index is 1090. The summed E-state index contributed by atoms with van der Waals surface area (Å²) in [6.07, 6.45) is 3.18. The topological polar surface area (TPSA) is 88.2 Å². The number of ether oxygens (including phenoxy) is 1. The molecule has 8 heteroatoms. The highest BCUT2D eigenvalue weighted by Crippen LogP contribution is 2.31. The Morgan fingerprint density at radius 3 is 2.97 bits per heavy atom. The van der Waals surface area contributed by atoms with Crippen molar-refractivity contribution in [2.75, 3.05) is 19.0 Å². The number of amides is 1. The predicted molar refractivity (Wildman–Crippen MR) is 113 cm³/mol. The molecule has 0 unspecified atom stereocenters. The number of methoxy groups -OCH3 is 1. The van der Waals surface area contributed by atoms with Crippen molar-refractivity contribution in [3.63, 3.8) is 0 Å². The minimum Gasteiger partial charge on any atom is -0.496 e. The van der Waals surface area contributed by atoms with E-state index < -0.39 is 0 Å². The Kier molecular flexibility index (Phi) is 5.76. The lowest BCUT2D eigenvalue weighted by atomic mass is 10.1. The molecule has 0 aliphatic carbocycles. The fourth-order valence-electron chi connectivity index (χ4n) is 3.63. The number of piperidine rings is 1. The zero-order chi connectivity index (χ0) is 21.1. The normalized spacial score (nSPS) is 16.4. The molecule has 3 N–H and O–H groups in total. The molecule has 2 heterocycles. The molecule has 0 spiro atoms. The van der Waals surface area contributed by atoms with Gasteiger partial charge in [-0.05, 0) is 37.5 Å². The van der Waals surface area contributed by atoms with Gasteiger partial charge in [-0.1, -0.05) is 12.1 Å². The Morgan fingerprint density at radius 2 is 2.17 bits per heavy atom. The number of fused-ring (bicyclic) bond motifs is 1. The first-order chi connectivity index (χ1) is 14.6. The molecule has 1 aromatic heterocycles. The molecule has 1 aliphatic rings. The SMILES string of the molecule is COc1cc2ncnc(Nc3cccc(C)c3F)c2cc1CN[C@H]1CCCNC1=O. The van der Waals surface area contributed by atoms with Crippen molar-refractivity contribution in [2.45, 2.75) is 32.4 Å². The third kappa shape index (κ3) is 4.04. The summed E-state index contributed by atoms with van der Waals surface area (Å²) in [6, 6.07) is 8.69. The number of rotatable bonds is 6. The lowest BCUT2D eigenvalue weighted by Gasteiger charge is -2.23. The number of benzene rings is 2. The molecule has 0 saturated carbocycles. The first-order valence-electron chi connectivity index (χ1n) is 9.91. The first-order valence-corrected chi connectivity index (χ1v) is 9.91. The zero-order valence-electron chi connectivity index (χ0n) is 17.0. The van der Waals surface area contributed by atoms with Gasteiger partial charge in [0.1, 0.15) is 23.7 Å². The van der Waals surface area contributed by atoms with Gasteiger partial charge < -0.3 is 20.7 Å². The summed E-state index contributed by atoms with van der Waals surface area (Å²) in [5, 5.41) is 10.00. The molecule has 1 aliphatic heterocycles. The summed E-state index contributed by atoms with van der Waals surface area (Å²) in [5.41, 5.74) is 2.45. The molecule has 1 saturated heterocycles. The van der Waals surface area contributed by atoms with E-state index in [1.807, 2.05) is 12.1 Å². The van der Waals surface area contributed by atoms with E-state index in [4.69, 9.17) is 4.74 Å². The largest absolute Gasteiger partial charge is 0.496 e. The average molecular weight is 409 g/mol. The lowest BCUT2D eigenvalue weighted by molar-refractivity contribution is -0.124. The Morgan fingerprint density at radius 1 is 1.30 bits per heavy atom. The van der Waals surface area contributed by atoms with Crippen LogP contribution < -0.4 is 20.7 Å². The van der Waals surface area contributed by atoms with Crippen LogP contribution in [0.1, 0.15) is 24.0 Å². The van der Waals surface area contributed by atoms with Crippen LogP contribution in [0.15, 0.2) is 36.7 Å². The number of hydrogen-bond donors (Lipinski definition) is 3. The molecule has 0 bridgehead atoms. The van der Waals surface area contributed by atoms with Gasteiger partial charge in [-0.25, -0.2) is 14.4 Å². The van der Waals surface area contributed by atoms with E-state index in [9.17, 15) is 9.18 Å². The second-order valence-corrected chi connectivity index (χ2v) is 7.33. The van der Waals surface area contributed by atoms with Crippen LogP contribution in [0.25, 0.3) is 10.9 Å². The number of aromatic nitrogens is 2. The van der Waals surface area contributed by atoms with E-state index in [0.29, 0.717) is 34.9 Å². The smallest absolute Gasteiger partial charge is 0.237 e. The third-order valence-electron chi connectivity index (χ3n) is 5.31. The molecule has 1 fully saturated rings. The van der Waals surface area contributed by atoms with Gasteiger partial charge in [0.2, 0.25) is 5.91 Å². The van der Waals surface area contributed by atoms with Gasteiger partial charge >= 0.3 is 0 Å². The van der Waals surface area contributed by atoms with Crippen molar-refractivity contribution in [3.05, 3.63) is 53.6 Å². The van der Waals surface area contributed by atoms with Crippen LogP contribution in [-0.4, -0.2) is 35.6 Å². The van der Waals surface area contributed by atoms with Crippen LogP contribution in [0.2, 0.25) is 0 Å². The molecular formula is C22H24FN5O2. The maximum Gasteiger partial charge on any atom is 0.237 e. The van der Waals surface area contributed by atoms with Gasteiger partial charge in [-0.3, -0.25) is 4.79 Å². The monoisotopic (exact) mass is 409 g/mol. The molecule has 30 heavy (non-hydrogen) atoms. The van der Waals surface area contributed by atoms with E-state index in [0.717, 1.165) is 30.3 Å². The fourth-order valence-corrected chi connectivity index (χ4v) is 3.63. The highest BCUT2D eigenvalue weighted by Gasteiger charge is 2.22. The standard InChI is InChI=1S/C22H24FN5O2/c1-13-5-3-6-16(20(13)23)28-21-15-9-14(11-25-17-7-4-8-24-22(17)29)19(30-2)10-18(15)26-12-27-21/h3,5-6,9-10,12,17,25H,4,7-8,11H2,1-2H3,(H,24,29)(H,26,27,28)/t17-/m0/s1. The summed E-state index contributed by atoms with van der Waals surface area (Å²) < 4.78 is 20.0. The summed E-state index contributed by atoms with van der Waals surface area (Å²) in [7, 11) is 1.60. The van der Waals surface area contributed by atoms with Gasteiger partial charge in [0.25, 0.3) is 0 Å². The summed E-state index contributed by atoms with van der Waals surface area (Å²) in [5.74, 6) is 0.867. The van der Waals surface area contributed by atoms with Gasteiger partial charge in [0.15, 0.2) is 0 Å². The average Bonchev–Trinajstić information content (AvgIpc) is 2.76. The summed E-state index contributed by atoms with van der Waals surface area (Å²) in [6.45, 7) is 2.89. The van der Waals surface area contributed by atoms with E-state index in [-0.39, 0.29) is 17.8 Å². The van der Waals surface area contributed by atoms with Crippen LogP contribution >= 0.6 is 0 Å². The number of hydrogen-bond acceptors (Lipinski definition) is 6. The van der Waals surface area contributed by atoms with Crippen LogP contribution in [-0.2, 0) is 11.3 Å². The minimum atomic E-state index is -0.317. The number of carbonyl (C=O) groups is 1. The number of anilines is 2. The van der Waals surface area contributed by atoms with Gasteiger partial charge in [0, 0.05) is 30.1 Å². The molecule has 1 atom stereocenters.